The highest BCUT2D eigenvalue weighted by molar-refractivity contribution is 6.01. The first-order valence-electron chi connectivity index (χ1n) is 35.2. The van der Waals surface area contributed by atoms with Crippen LogP contribution in [0.25, 0.3) is 10.8 Å². The van der Waals surface area contributed by atoms with Crippen LogP contribution in [-0.2, 0) is 70.5 Å². The quantitative estimate of drug-likeness (QED) is 0.0299. The van der Waals surface area contributed by atoms with Gasteiger partial charge in [-0.15, -0.1) is 0 Å². The summed E-state index contributed by atoms with van der Waals surface area (Å²) in [5, 5.41) is 66.9. The third-order valence-corrected chi connectivity index (χ3v) is 18.8. The summed E-state index contributed by atoms with van der Waals surface area (Å²) in [6.07, 6.45) is 3.36. The lowest BCUT2D eigenvalue weighted by Gasteiger charge is -2.33. The van der Waals surface area contributed by atoms with Crippen LogP contribution in [0.5, 0.6) is 0 Å². The highest BCUT2D eigenvalue weighted by Crippen LogP contribution is 2.29. The van der Waals surface area contributed by atoms with Crippen LogP contribution in [0.3, 0.4) is 0 Å². The lowest BCUT2D eigenvalue weighted by atomic mass is 9.81. The highest BCUT2D eigenvalue weighted by atomic mass is 16.6. The van der Waals surface area contributed by atoms with E-state index in [-0.39, 0.29) is 135 Å². The molecule has 2 saturated heterocycles. The van der Waals surface area contributed by atoms with Crippen LogP contribution in [0.1, 0.15) is 106 Å². The number of nitrogens with zero attached hydrogens (tertiary/aromatic N) is 7. The maximum absolute atomic E-state index is 14.1. The van der Waals surface area contributed by atoms with E-state index < -0.39 is 127 Å². The number of Topliss-reactive ketones (excluding diaryl/α,β-unsaturated/α-hetero) is 1. The number of urea groups is 1. The lowest BCUT2D eigenvalue weighted by Crippen LogP contribution is -2.55. The molecule has 3 fully saturated rings. The van der Waals surface area contributed by atoms with Gasteiger partial charge in [0.15, 0.2) is 5.78 Å². The minimum atomic E-state index is -1.70. The van der Waals surface area contributed by atoms with Crippen LogP contribution >= 0.6 is 0 Å². The van der Waals surface area contributed by atoms with Crippen LogP contribution in [0.4, 0.5) is 15.3 Å². The summed E-state index contributed by atoms with van der Waals surface area (Å²) in [6.45, 7) is 3.63. The van der Waals surface area contributed by atoms with E-state index >= 15 is 0 Å². The van der Waals surface area contributed by atoms with Crippen molar-refractivity contribution in [3.63, 3.8) is 0 Å². The van der Waals surface area contributed by atoms with Crippen LogP contribution in [-0.4, -0.2) is 271 Å². The molecular weight excluding hydrogens is 1370 g/mol. The van der Waals surface area contributed by atoms with Crippen molar-refractivity contribution in [3.8, 4) is 0 Å². The van der Waals surface area contributed by atoms with Gasteiger partial charge in [-0.1, -0.05) is 54.6 Å². The van der Waals surface area contributed by atoms with E-state index in [4.69, 9.17) is 4.74 Å². The summed E-state index contributed by atoms with van der Waals surface area (Å²) in [4.78, 5) is 194. The van der Waals surface area contributed by atoms with Gasteiger partial charge in [-0.3, -0.25) is 77.3 Å². The number of carboxylic acids is 5. The predicted molar refractivity (Wildman–Crippen MR) is 378 cm³/mol. The maximum atomic E-state index is 14.1. The minimum absolute atomic E-state index is 0.00253. The van der Waals surface area contributed by atoms with Gasteiger partial charge in [0.25, 0.3) is 5.91 Å². The monoisotopic (exact) mass is 1460 g/mol. The molecule has 3 heterocycles. The second-order valence-corrected chi connectivity index (χ2v) is 26.7. The van der Waals surface area contributed by atoms with Gasteiger partial charge in [-0.25, -0.2) is 19.3 Å². The Morgan fingerprint density at radius 1 is 0.590 bits per heavy atom. The van der Waals surface area contributed by atoms with Gasteiger partial charge in [0, 0.05) is 114 Å². The first-order chi connectivity index (χ1) is 50.2. The fraction of sp³-hybridized carbons (Fsp3) is 0.514. The number of ether oxygens (including phenoxy) is 1. The standard InChI is InChI=1S/C72H95N13O20/c1-46(76-65(96)53-24-27-73-28-25-53)69(100)84-29-7-11-59(84)68(99)77-55-20-15-49(16-21-55)45-105-72(104)85(58(47(2)86)22-23-61(88)89)71(103)79-56(70(101)102)10-5-6-26-74-67(98)57(39-50-14-17-51-8-3-4-9-54(51)38-50)78-66(97)52-18-12-48(13-19-52)40-75-60(87)41-80-30-32-81(42-62(90)91)34-36-83(44-64(94)95)37-35-82(33-31-80)43-63(92)93/h3-4,8-9,14-17,20-21,24-25,27-28,38,46,48,52,56-59H,5-7,10-13,18-19,22-23,26,29-37,39-45H2,1-2H3,(H,74,98)(H,75,87)(H,76,96)(H,77,99)(H,78,97)(H,79,103)(H,88,89)(H,90,91)(H,92,93)(H,94,95)(H,101,102)/t46-,48?,52?,56+,57+,58+,59+/m1/s1. The van der Waals surface area contributed by atoms with E-state index in [0.29, 0.717) is 66.8 Å². The fourth-order valence-corrected chi connectivity index (χ4v) is 13.0. The average molecular weight is 1460 g/mol. The molecule has 1 aliphatic carbocycles. The number of amides is 9. The van der Waals surface area contributed by atoms with Gasteiger partial charge in [0.05, 0.1) is 26.2 Å². The number of carbonyl (C=O) groups is 14. The number of nitrogens with one attached hydrogen (secondary N) is 6. The highest BCUT2D eigenvalue weighted by Gasteiger charge is 2.39. The van der Waals surface area contributed by atoms with Gasteiger partial charge in [-0.2, -0.15) is 0 Å². The molecule has 4 aromatic rings. The number of pyridine rings is 1. The number of benzene rings is 3. The van der Waals surface area contributed by atoms with E-state index in [9.17, 15) is 92.7 Å². The van der Waals surface area contributed by atoms with Crippen LogP contribution in [0.15, 0.2) is 91.3 Å². The van der Waals surface area contributed by atoms with Gasteiger partial charge >= 0.3 is 42.0 Å². The second kappa shape index (κ2) is 41.1. The molecule has 9 amide bonds. The molecular formula is C72H95N13O20. The number of carboxylic acid groups (broad SMARTS) is 5. The Kier molecular flexibility index (Phi) is 32.0. The fourth-order valence-electron chi connectivity index (χ4n) is 13.0. The summed E-state index contributed by atoms with van der Waals surface area (Å²) in [7, 11) is 0. The number of unbranched alkanes of at least 4 members (excludes halogenated alkanes) is 1. The van der Waals surface area contributed by atoms with Crippen LogP contribution in [0.2, 0.25) is 0 Å². The third kappa shape index (κ3) is 26.9. The Morgan fingerprint density at radius 2 is 1.17 bits per heavy atom. The Bertz CT molecular complexity index is 3680. The largest absolute Gasteiger partial charge is 0.481 e. The molecule has 0 radical (unpaired) electrons. The zero-order chi connectivity index (χ0) is 76.1. The predicted octanol–water partition coefficient (Wildman–Crippen LogP) is 2.32. The molecule has 7 rings (SSSR count). The Hall–Kier alpha value is -10.5. The van der Waals surface area contributed by atoms with E-state index in [1.165, 1.54) is 60.6 Å². The average Bonchev–Trinajstić information content (AvgIpc) is 1.63. The van der Waals surface area contributed by atoms with Crippen molar-refractivity contribution in [3.05, 3.63) is 108 Å². The minimum Gasteiger partial charge on any atom is -0.481 e. The number of hydrogen-bond donors (Lipinski definition) is 11. The topological polar surface area (TPSA) is 454 Å². The molecule has 5 atom stereocenters. The number of ketones is 1. The number of aliphatic carboxylic acids is 5. The number of aromatic nitrogens is 1. The van der Waals surface area contributed by atoms with E-state index in [0.717, 1.165) is 23.3 Å². The molecule has 0 unspecified atom stereocenters. The number of carbonyl (C=O) groups excluding carboxylic acids is 9. The Labute approximate surface area is 606 Å². The zero-order valence-corrected chi connectivity index (χ0v) is 59.0. The normalized spacial score (nSPS) is 18.2. The van der Waals surface area contributed by atoms with Crippen molar-refractivity contribution in [1.82, 2.24) is 61.0 Å². The summed E-state index contributed by atoms with van der Waals surface area (Å²) < 4.78 is 5.46. The van der Waals surface area contributed by atoms with Crippen molar-refractivity contribution in [2.75, 3.05) is 103 Å². The van der Waals surface area contributed by atoms with Gasteiger partial charge in [0.2, 0.25) is 29.5 Å². The van der Waals surface area contributed by atoms with Crippen molar-refractivity contribution in [1.29, 1.82) is 0 Å². The zero-order valence-electron chi connectivity index (χ0n) is 59.0. The summed E-state index contributed by atoms with van der Waals surface area (Å²) in [5.74, 6) is -9.92. The maximum Gasteiger partial charge on any atom is 0.419 e. The lowest BCUT2D eigenvalue weighted by molar-refractivity contribution is -0.140. The molecule has 568 valence electrons. The number of imide groups is 1. The molecule has 3 aromatic carbocycles. The summed E-state index contributed by atoms with van der Waals surface area (Å²) >= 11 is 0. The summed E-state index contributed by atoms with van der Waals surface area (Å²) in [5.41, 5.74) is 1.71. The Balaban J connectivity index is 0.902. The number of fused-ring (bicyclic) bond motifs is 1. The van der Waals surface area contributed by atoms with Crippen LogP contribution < -0.4 is 31.9 Å². The molecule has 11 N–H and O–H groups in total. The second-order valence-electron chi connectivity index (χ2n) is 26.7. The third-order valence-electron chi connectivity index (χ3n) is 18.8. The molecule has 1 saturated carbocycles. The number of hydrogen-bond acceptors (Lipinski definition) is 20. The molecule has 33 nitrogen and oxygen atoms in total. The van der Waals surface area contributed by atoms with E-state index in [2.05, 4.69) is 36.9 Å². The van der Waals surface area contributed by atoms with Crippen molar-refractivity contribution in [2.45, 2.75) is 128 Å². The van der Waals surface area contributed by atoms with Crippen LogP contribution in [0, 0.1) is 11.8 Å². The van der Waals surface area contributed by atoms with E-state index in [1.807, 2.05) is 47.4 Å². The van der Waals surface area contributed by atoms with Crippen molar-refractivity contribution < 1.29 is 97.4 Å². The van der Waals surface area contributed by atoms with Crippen molar-refractivity contribution >= 4 is 99.7 Å². The first kappa shape index (κ1) is 81.8. The smallest absolute Gasteiger partial charge is 0.419 e. The molecule has 0 bridgehead atoms. The number of rotatable bonds is 34. The number of anilines is 1. The Morgan fingerprint density at radius 3 is 1.74 bits per heavy atom. The molecule has 1 aromatic heterocycles. The first-order valence-corrected chi connectivity index (χ1v) is 35.2. The molecule has 0 spiro atoms. The van der Waals surface area contributed by atoms with Gasteiger partial charge in [-0.05, 0) is 130 Å². The molecule has 2 aliphatic heterocycles. The van der Waals surface area contributed by atoms with Gasteiger partial charge in [0.1, 0.15) is 36.8 Å². The molecule has 33 heteroatoms. The van der Waals surface area contributed by atoms with E-state index in [1.54, 1.807) is 14.7 Å². The number of likely N-dealkylation sites (tertiary alicyclic amines) is 1. The van der Waals surface area contributed by atoms with Gasteiger partial charge < -0.3 is 67.1 Å². The SMILES string of the molecule is CC(=O)[C@H](CCC(=O)O)N(C(=O)N[C@@H](CCCCNC(=O)[C@H](Cc1ccc2ccccc2c1)NC(=O)C1CCC(CNC(=O)CN2CCN(CC(=O)O)CCN(CC(=O)O)CCN(CC(=O)O)CC2)CC1)C(=O)O)C(=O)OCc1ccc(NC(=O)[C@@H]2CCCN2C(=O)[C@@H](C)NC(=O)c2ccncc2)cc1. The summed E-state index contributed by atoms with van der Waals surface area (Å²) in [6, 6.07) is 14.7. The van der Waals surface area contributed by atoms with Crippen molar-refractivity contribution in [2.24, 2.45) is 11.8 Å². The molecule has 105 heavy (non-hydrogen) atoms. The molecule has 3 aliphatic rings.